The number of anilines is 1. The van der Waals surface area contributed by atoms with Crippen molar-refractivity contribution in [2.45, 2.75) is 19.8 Å². The normalized spacial score (nSPS) is 11.6. The van der Waals surface area contributed by atoms with E-state index < -0.39 is 27.3 Å². The van der Waals surface area contributed by atoms with Gasteiger partial charge in [0.05, 0.1) is 5.75 Å². The second kappa shape index (κ2) is 6.10. The maximum absolute atomic E-state index is 13.6. The molecule has 18 heavy (non-hydrogen) atoms. The summed E-state index contributed by atoms with van der Waals surface area (Å²) in [5, 5.41) is 8.54. The first-order valence-electron chi connectivity index (χ1n) is 5.43. The van der Waals surface area contributed by atoms with Gasteiger partial charge in [0, 0.05) is 6.61 Å². The van der Waals surface area contributed by atoms with Crippen molar-refractivity contribution in [3.05, 3.63) is 29.3 Å². The van der Waals surface area contributed by atoms with Gasteiger partial charge in [0.25, 0.3) is 0 Å². The summed E-state index contributed by atoms with van der Waals surface area (Å²) in [4.78, 5) is 0. The van der Waals surface area contributed by atoms with Crippen LogP contribution in [-0.2, 0) is 10.0 Å². The molecule has 0 fully saturated rings. The van der Waals surface area contributed by atoms with Crippen LogP contribution in [0.1, 0.15) is 18.4 Å². The van der Waals surface area contributed by atoms with Crippen molar-refractivity contribution in [1.82, 2.24) is 0 Å². The first-order valence-corrected chi connectivity index (χ1v) is 7.08. The summed E-state index contributed by atoms with van der Waals surface area (Å²) in [6, 6.07) is 2.23. The molecule has 7 heteroatoms. The maximum Gasteiger partial charge on any atom is 0.232 e. The molecule has 1 rings (SSSR count). The number of rotatable bonds is 6. The van der Waals surface area contributed by atoms with Crippen LogP contribution in [0.3, 0.4) is 0 Å². The van der Waals surface area contributed by atoms with E-state index in [1.54, 1.807) is 0 Å². The standard InChI is InChI=1S/C11H15F2NO3S/c1-8-4-5-9(12)11(10(8)13)14-18(16,17)7-3-2-6-15/h4-5,14-15H,2-3,6-7H2,1H3. The van der Waals surface area contributed by atoms with E-state index in [4.69, 9.17) is 5.11 Å². The molecule has 0 aliphatic rings. The lowest BCUT2D eigenvalue weighted by Crippen LogP contribution is -2.19. The quantitative estimate of drug-likeness (QED) is 0.780. The Kier molecular flexibility index (Phi) is 5.03. The van der Waals surface area contributed by atoms with E-state index in [9.17, 15) is 17.2 Å². The van der Waals surface area contributed by atoms with Crippen LogP contribution in [0.15, 0.2) is 12.1 Å². The molecule has 0 aliphatic carbocycles. The first-order chi connectivity index (χ1) is 8.37. The van der Waals surface area contributed by atoms with Gasteiger partial charge in [-0.1, -0.05) is 6.07 Å². The summed E-state index contributed by atoms with van der Waals surface area (Å²) in [5.41, 5.74) is -0.497. The van der Waals surface area contributed by atoms with Crippen LogP contribution in [0.25, 0.3) is 0 Å². The van der Waals surface area contributed by atoms with Crippen LogP contribution in [0, 0.1) is 18.6 Å². The summed E-state index contributed by atoms with van der Waals surface area (Å²) < 4.78 is 51.9. The summed E-state index contributed by atoms with van der Waals surface area (Å²) in [6.45, 7) is 1.29. The van der Waals surface area contributed by atoms with Crippen molar-refractivity contribution >= 4 is 15.7 Å². The molecule has 102 valence electrons. The van der Waals surface area contributed by atoms with E-state index >= 15 is 0 Å². The molecule has 0 saturated heterocycles. The van der Waals surface area contributed by atoms with Crippen molar-refractivity contribution in [1.29, 1.82) is 0 Å². The highest BCUT2D eigenvalue weighted by molar-refractivity contribution is 7.92. The Balaban J connectivity index is 2.87. The number of benzene rings is 1. The molecule has 2 N–H and O–H groups in total. The third kappa shape index (κ3) is 3.92. The highest BCUT2D eigenvalue weighted by Gasteiger charge is 2.17. The van der Waals surface area contributed by atoms with Crippen LogP contribution >= 0.6 is 0 Å². The molecule has 1 aromatic rings. The molecular weight excluding hydrogens is 264 g/mol. The number of hydrogen-bond acceptors (Lipinski definition) is 3. The van der Waals surface area contributed by atoms with E-state index in [0.29, 0.717) is 6.42 Å². The Hall–Kier alpha value is -1.21. The molecule has 0 heterocycles. The largest absolute Gasteiger partial charge is 0.396 e. The third-order valence-electron chi connectivity index (χ3n) is 2.36. The first kappa shape index (κ1) is 14.8. The SMILES string of the molecule is Cc1ccc(F)c(NS(=O)(=O)CCCCO)c1F. The molecule has 0 aliphatic heterocycles. The van der Waals surface area contributed by atoms with E-state index in [1.807, 2.05) is 4.72 Å². The molecule has 0 saturated carbocycles. The van der Waals surface area contributed by atoms with E-state index in [2.05, 4.69) is 0 Å². The molecule has 0 atom stereocenters. The summed E-state index contributed by atoms with van der Waals surface area (Å²) in [5.74, 6) is -2.16. The van der Waals surface area contributed by atoms with Gasteiger partial charge in [-0.05, 0) is 31.4 Å². The molecular formula is C11H15F2NO3S. The molecule has 0 unspecified atom stereocenters. The van der Waals surface area contributed by atoms with Gasteiger partial charge in [0.2, 0.25) is 10.0 Å². The second-order valence-electron chi connectivity index (χ2n) is 3.90. The fourth-order valence-corrected chi connectivity index (χ4v) is 2.54. The lowest BCUT2D eigenvalue weighted by atomic mass is 10.2. The van der Waals surface area contributed by atoms with Gasteiger partial charge in [-0.15, -0.1) is 0 Å². The fraction of sp³-hybridized carbons (Fsp3) is 0.455. The van der Waals surface area contributed by atoms with Crippen LogP contribution in [0.4, 0.5) is 14.5 Å². The number of nitrogens with one attached hydrogen (secondary N) is 1. The van der Waals surface area contributed by atoms with Gasteiger partial charge in [0.1, 0.15) is 11.5 Å². The number of unbranched alkanes of at least 4 members (excludes halogenated alkanes) is 1. The predicted molar refractivity (Wildman–Crippen MR) is 64.8 cm³/mol. The number of hydrogen-bond donors (Lipinski definition) is 2. The van der Waals surface area contributed by atoms with Crippen molar-refractivity contribution in [3.8, 4) is 0 Å². The Morgan fingerprint density at radius 2 is 1.94 bits per heavy atom. The Morgan fingerprint density at radius 3 is 2.56 bits per heavy atom. The zero-order valence-corrected chi connectivity index (χ0v) is 10.7. The molecule has 1 aromatic carbocycles. The van der Waals surface area contributed by atoms with Crippen molar-refractivity contribution in [3.63, 3.8) is 0 Å². The number of aliphatic hydroxyl groups is 1. The van der Waals surface area contributed by atoms with Crippen LogP contribution in [-0.4, -0.2) is 25.9 Å². The van der Waals surface area contributed by atoms with Gasteiger partial charge in [-0.25, -0.2) is 17.2 Å². The Labute approximate surface area is 105 Å². The number of aliphatic hydroxyl groups excluding tert-OH is 1. The predicted octanol–water partition coefficient (Wildman–Crippen LogP) is 1.79. The van der Waals surface area contributed by atoms with Gasteiger partial charge in [-0.2, -0.15) is 0 Å². The minimum absolute atomic E-state index is 0.122. The average Bonchev–Trinajstić information content (AvgIpc) is 2.30. The third-order valence-corrected chi connectivity index (χ3v) is 3.70. The zero-order valence-electron chi connectivity index (χ0n) is 9.91. The molecule has 0 spiro atoms. The highest BCUT2D eigenvalue weighted by Crippen LogP contribution is 2.22. The lowest BCUT2D eigenvalue weighted by Gasteiger charge is -2.10. The maximum atomic E-state index is 13.6. The molecule has 0 aromatic heterocycles. The zero-order chi connectivity index (χ0) is 13.8. The fourth-order valence-electron chi connectivity index (χ4n) is 1.36. The minimum atomic E-state index is -3.81. The minimum Gasteiger partial charge on any atom is -0.396 e. The van der Waals surface area contributed by atoms with Gasteiger partial charge < -0.3 is 5.11 Å². The smallest absolute Gasteiger partial charge is 0.232 e. The Morgan fingerprint density at radius 1 is 1.28 bits per heavy atom. The molecule has 0 radical (unpaired) electrons. The summed E-state index contributed by atoms with van der Waals surface area (Å²) >= 11 is 0. The molecule has 4 nitrogen and oxygen atoms in total. The van der Waals surface area contributed by atoms with E-state index in [0.717, 1.165) is 6.07 Å². The topological polar surface area (TPSA) is 66.4 Å². The Bertz CT molecular complexity index is 517. The van der Waals surface area contributed by atoms with Gasteiger partial charge >= 0.3 is 0 Å². The number of sulfonamides is 1. The van der Waals surface area contributed by atoms with E-state index in [1.165, 1.54) is 13.0 Å². The summed E-state index contributed by atoms with van der Waals surface area (Å²) in [6.07, 6.45) is 0.542. The van der Waals surface area contributed by atoms with Crippen molar-refractivity contribution in [2.75, 3.05) is 17.1 Å². The summed E-state index contributed by atoms with van der Waals surface area (Å²) in [7, 11) is -3.81. The van der Waals surface area contributed by atoms with Crippen LogP contribution in [0.2, 0.25) is 0 Å². The lowest BCUT2D eigenvalue weighted by molar-refractivity contribution is 0.287. The molecule has 0 bridgehead atoms. The number of halogens is 2. The van der Waals surface area contributed by atoms with Crippen molar-refractivity contribution < 1.29 is 22.3 Å². The molecule has 0 amide bonds. The monoisotopic (exact) mass is 279 g/mol. The second-order valence-corrected chi connectivity index (χ2v) is 5.75. The van der Waals surface area contributed by atoms with E-state index in [-0.39, 0.29) is 24.3 Å². The average molecular weight is 279 g/mol. The van der Waals surface area contributed by atoms with Crippen LogP contribution in [0.5, 0.6) is 0 Å². The van der Waals surface area contributed by atoms with Crippen LogP contribution < -0.4 is 4.72 Å². The highest BCUT2D eigenvalue weighted by atomic mass is 32.2. The van der Waals surface area contributed by atoms with Gasteiger partial charge in [-0.3, -0.25) is 4.72 Å². The van der Waals surface area contributed by atoms with Gasteiger partial charge in [0.15, 0.2) is 5.82 Å². The van der Waals surface area contributed by atoms with Crippen molar-refractivity contribution in [2.24, 2.45) is 0 Å². The number of aryl methyl sites for hydroxylation is 1.